The lowest BCUT2D eigenvalue weighted by Crippen LogP contribution is -2.26. The van der Waals surface area contributed by atoms with Crippen molar-refractivity contribution in [3.63, 3.8) is 0 Å². The molecule has 1 aromatic heterocycles. The molecule has 0 aliphatic carbocycles. The normalized spacial score (nSPS) is 12.3. The fraction of sp³-hybridized carbons (Fsp3) is 0.182. The molecule has 0 fully saturated rings. The summed E-state index contributed by atoms with van der Waals surface area (Å²) < 4.78 is 2.18. The number of para-hydroxylation sites is 1. The van der Waals surface area contributed by atoms with Crippen LogP contribution < -0.4 is 5.43 Å². The number of aryl methyl sites for hydroxylation is 1. The Hall–Kier alpha value is -2.79. The van der Waals surface area contributed by atoms with E-state index in [1.807, 2.05) is 55.5 Å². The van der Waals surface area contributed by atoms with Crippen LogP contribution in [-0.2, 0) is 4.79 Å². The van der Waals surface area contributed by atoms with E-state index < -0.39 is 0 Å². The van der Waals surface area contributed by atoms with Gasteiger partial charge in [0.2, 0.25) is 0 Å². The van der Waals surface area contributed by atoms with E-state index in [9.17, 15) is 4.79 Å². The van der Waals surface area contributed by atoms with Gasteiger partial charge in [0, 0.05) is 27.5 Å². The second-order valence-corrected chi connectivity index (χ2v) is 7.72. The minimum absolute atomic E-state index is 0.114. The molecule has 0 spiro atoms. The third-order valence-electron chi connectivity index (χ3n) is 4.29. The molecule has 0 aliphatic heterocycles. The number of benzene rings is 2. The molecular formula is C22H23N3OS. The van der Waals surface area contributed by atoms with Crippen LogP contribution in [0.4, 0.5) is 0 Å². The van der Waals surface area contributed by atoms with Crippen molar-refractivity contribution in [2.24, 2.45) is 5.10 Å². The number of carbonyl (C=O) groups is 1. The zero-order chi connectivity index (χ0) is 19.2. The fourth-order valence-corrected chi connectivity index (χ4v) is 3.79. The molecule has 1 unspecified atom stereocenters. The Bertz CT molecular complexity index is 933. The third-order valence-corrected chi connectivity index (χ3v) is 5.40. The molecule has 0 aliphatic rings. The second kappa shape index (κ2) is 8.73. The quantitative estimate of drug-likeness (QED) is 0.384. The third kappa shape index (κ3) is 4.68. The number of amides is 1. The van der Waals surface area contributed by atoms with Gasteiger partial charge in [0.15, 0.2) is 0 Å². The summed E-state index contributed by atoms with van der Waals surface area (Å²) in [5, 5.41) is 3.94. The number of hydrogen-bond acceptors (Lipinski definition) is 3. The molecule has 0 saturated carbocycles. The van der Waals surface area contributed by atoms with Crippen LogP contribution in [0, 0.1) is 13.8 Å². The van der Waals surface area contributed by atoms with Gasteiger partial charge in [0.25, 0.3) is 5.91 Å². The lowest BCUT2D eigenvalue weighted by Gasteiger charge is -2.09. The van der Waals surface area contributed by atoms with E-state index >= 15 is 0 Å². The molecule has 27 heavy (non-hydrogen) atoms. The summed E-state index contributed by atoms with van der Waals surface area (Å²) in [6.07, 6.45) is 1.71. The SMILES string of the molecule is Cc1cc(/C=N/NC(=O)C(C)Sc2ccccc2)c(C)n1-c1ccccc1. The van der Waals surface area contributed by atoms with E-state index in [4.69, 9.17) is 0 Å². The summed E-state index contributed by atoms with van der Waals surface area (Å²) in [5.74, 6) is -0.114. The highest BCUT2D eigenvalue weighted by Gasteiger charge is 2.14. The number of carbonyl (C=O) groups excluding carboxylic acids is 1. The Morgan fingerprint density at radius 2 is 1.70 bits per heavy atom. The van der Waals surface area contributed by atoms with Crippen LogP contribution in [0.2, 0.25) is 0 Å². The zero-order valence-corrected chi connectivity index (χ0v) is 16.5. The Morgan fingerprint density at radius 3 is 2.37 bits per heavy atom. The van der Waals surface area contributed by atoms with Gasteiger partial charge in [-0.1, -0.05) is 36.4 Å². The number of rotatable bonds is 6. The van der Waals surface area contributed by atoms with Gasteiger partial charge < -0.3 is 4.57 Å². The summed E-state index contributed by atoms with van der Waals surface area (Å²) in [6, 6.07) is 22.2. The molecule has 1 heterocycles. The standard InChI is InChI=1S/C22H23N3OS/c1-16-14-19(17(2)25(16)20-10-6-4-7-11-20)15-23-24-22(26)18(3)27-21-12-8-5-9-13-21/h4-15,18H,1-3H3,(H,24,26)/b23-15+. The first-order valence-corrected chi connectivity index (χ1v) is 9.73. The smallest absolute Gasteiger partial charge is 0.253 e. The van der Waals surface area contributed by atoms with Gasteiger partial charge in [-0.05, 0) is 51.1 Å². The molecule has 5 heteroatoms. The average molecular weight is 378 g/mol. The first-order chi connectivity index (χ1) is 13.1. The first kappa shape index (κ1) is 19.0. The van der Waals surface area contributed by atoms with E-state index in [-0.39, 0.29) is 11.2 Å². The molecule has 0 radical (unpaired) electrons. The van der Waals surface area contributed by atoms with Gasteiger partial charge in [-0.25, -0.2) is 5.43 Å². The van der Waals surface area contributed by atoms with Gasteiger partial charge >= 0.3 is 0 Å². The molecule has 1 amide bonds. The van der Waals surface area contributed by atoms with Crippen molar-refractivity contribution < 1.29 is 4.79 Å². The van der Waals surface area contributed by atoms with E-state index in [2.05, 4.69) is 47.1 Å². The summed E-state index contributed by atoms with van der Waals surface area (Å²) >= 11 is 1.51. The van der Waals surface area contributed by atoms with E-state index in [1.54, 1.807) is 6.21 Å². The Morgan fingerprint density at radius 1 is 1.07 bits per heavy atom. The predicted molar refractivity (Wildman–Crippen MR) is 113 cm³/mol. The highest BCUT2D eigenvalue weighted by molar-refractivity contribution is 8.00. The largest absolute Gasteiger partial charge is 0.318 e. The van der Waals surface area contributed by atoms with Crippen LogP contribution in [-0.4, -0.2) is 21.9 Å². The average Bonchev–Trinajstić information content (AvgIpc) is 2.96. The van der Waals surface area contributed by atoms with Gasteiger partial charge in [-0.2, -0.15) is 5.10 Å². The number of nitrogens with zero attached hydrogens (tertiary/aromatic N) is 2. The summed E-state index contributed by atoms with van der Waals surface area (Å²) in [6.45, 7) is 6.00. The highest BCUT2D eigenvalue weighted by Crippen LogP contribution is 2.22. The number of nitrogens with one attached hydrogen (secondary N) is 1. The van der Waals surface area contributed by atoms with Crippen LogP contribution >= 0.6 is 11.8 Å². The number of hydrogen-bond donors (Lipinski definition) is 1. The van der Waals surface area contributed by atoms with Crippen molar-refractivity contribution in [1.29, 1.82) is 0 Å². The van der Waals surface area contributed by atoms with Gasteiger partial charge in [-0.3, -0.25) is 4.79 Å². The number of hydrazone groups is 1. The highest BCUT2D eigenvalue weighted by atomic mass is 32.2. The summed E-state index contributed by atoms with van der Waals surface area (Å²) in [5.41, 5.74) is 6.96. The van der Waals surface area contributed by atoms with Crippen LogP contribution in [0.3, 0.4) is 0 Å². The van der Waals surface area contributed by atoms with Crippen molar-refractivity contribution >= 4 is 23.9 Å². The molecule has 2 aromatic carbocycles. The Kier molecular flexibility index (Phi) is 6.14. The first-order valence-electron chi connectivity index (χ1n) is 8.85. The molecule has 138 valence electrons. The lowest BCUT2D eigenvalue weighted by molar-refractivity contribution is -0.120. The number of thioether (sulfide) groups is 1. The van der Waals surface area contributed by atoms with E-state index in [0.29, 0.717) is 0 Å². The molecule has 1 atom stereocenters. The molecule has 3 aromatic rings. The molecule has 4 nitrogen and oxygen atoms in total. The number of aromatic nitrogens is 1. The fourth-order valence-electron chi connectivity index (χ4n) is 2.91. The molecule has 0 bridgehead atoms. The van der Waals surface area contributed by atoms with Crippen LogP contribution in [0.15, 0.2) is 76.7 Å². The van der Waals surface area contributed by atoms with Crippen LogP contribution in [0.25, 0.3) is 5.69 Å². The van der Waals surface area contributed by atoms with E-state index in [0.717, 1.165) is 27.5 Å². The van der Waals surface area contributed by atoms with Crippen molar-refractivity contribution in [3.05, 3.63) is 83.7 Å². The maximum Gasteiger partial charge on any atom is 0.253 e. The Labute approximate surface area is 164 Å². The van der Waals surface area contributed by atoms with Crippen molar-refractivity contribution in [3.8, 4) is 5.69 Å². The maximum atomic E-state index is 12.3. The van der Waals surface area contributed by atoms with Crippen LogP contribution in [0.1, 0.15) is 23.9 Å². The minimum atomic E-state index is -0.221. The van der Waals surface area contributed by atoms with Crippen molar-refractivity contribution in [2.45, 2.75) is 30.9 Å². The minimum Gasteiger partial charge on any atom is -0.318 e. The molecule has 0 saturated heterocycles. The lowest BCUT2D eigenvalue weighted by atomic mass is 10.2. The van der Waals surface area contributed by atoms with Crippen molar-refractivity contribution in [1.82, 2.24) is 9.99 Å². The van der Waals surface area contributed by atoms with E-state index in [1.165, 1.54) is 11.8 Å². The molecule has 1 N–H and O–H groups in total. The van der Waals surface area contributed by atoms with Gasteiger partial charge in [0.1, 0.15) is 0 Å². The van der Waals surface area contributed by atoms with Crippen molar-refractivity contribution in [2.75, 3.05) is 0 Å². The predicted octanol–water partition coefficient (Wildman–Crippen LogP) is 4.73. The second-order valence-electron chi connectivity index (χ2n) is 6.30. The summed E-state index contributed by atoms with van der Waals surface area (Å²) in [7, 11) is 0. The maximum absolute atomic E-state index is 12.3. The molecule has 3 rings (SSSR count). The monoisotopic (exact) mass is 377 g/mol. The topological polar surface area (TPSA) is 46.4 Å². The molecular weight excluding hydrogens is 354 g/mol. The summed E-state index contributed by atoms with van der Waals surface area (Å²) in [4.78, 5) is 13.3. The zero-order valence-electron chi connectivity index (χ0n) is 15.7. The van der Waals surface area contributed by atoms with Gasteiger partial charge in [-0.15, -0.1) is 11.8 Å². The Balaban J connectivity index is 1.65. The van der Waals surface area contributed by atoms with Gasteiger partial charge in [0.05, 0.1) is 11.5 Å². The van der Waals surface area contributed by atoms with Crippen LogP contribution in [0.5, 0.6) is 0 Å².